The summed E-state index contributed by atoms with van der Waals surface area (Å²) in [5.41, 5.74) is 4.76. The SMILES string of the molecule is COc1ccc2ccc(=O)n(Cc3ccc4ccccc4n3)c2c1-c1c(C)noc1C. The second-order valence-corrected chi connectivity index (χ2v) is 7.53. The van der Waals surface area contributed by atoms with Crippen LogP contribution in [-0.2, 0) is 6.54 Å². The van der Waals surface area contributed by atoms with E-state index in [4.69, 9.17) is 14.2 Å². The summed E-state index contributed by atoms with van der Waals surface area (Å²) in [6, 6.07) is 19.2. The lowest BCUT2D eigenvalue weighted by Crippen LogP contribution is -2.21. The molecule has 31 heavy (non-hydrogen) atoms. The third kappa shape index (κ3) is 3.17. The first-order valence-electron chi connectivity index (χ1n) is 10.1. The fourth-order valence-electron chi connectivity index (χ4n) is 4.14. The van der Waals surface area contributed by atoms with E-state index < -0.39 is 0 Å². The predicted octanol–water partition coefficient (Wildman–Crippen LogP) is 4.88. The quantitative estimate of drug-likeness (QED) is 0.422. The summed E-state index contributed by atoms with van der Waals surface area (Å²) in [5.74, 6) is 1.34. The fourth-order valence-corrected chi connectivity index (χ4v) is 4.14. The van der Waals surface area contributed by atoms with E-state index in [1.165, 1.54) is 0 Å². The first-order valence-corrected chi connectivity index (χ1v) is 10.1. The molecule has 5 rings (SSSR count). The molecule has 0 N–H and O–H groups in total. The lowest BCUT2D eigenvalue weighted by atomic mass is 9.99. The first kappa shape index (κ1) is 19.1. The van der Waals surface area contributed by atoms with Crippen LogP contribution in [0, 0.1) is 13.8 Å². The van der Waals surface area contributed by atoms with Gasteiger partial charge in [-0.2, -0.15) is 0 Å². The number of hydrogen-bond acceptors (Lipinski definition) is 5. The zero-order chi connectivity index (χ0) is 21.5. The number of benzene rings is 2. The maximum Gasteiger partial charge on any atom is 0.251 e. The summed E-state index contributed by atoms with van der Waals surface area (Å²) in [6.45, 7) is 4.09. The van der Waals surface area contributed by atoms with Gasteiger partial charge in [0.05, 0.1) is 47.2 Å². The first-order chi connectivity index (χ1) is 15.1. The fraction of sp³-hybridized carbons (Fsp3) is 0.160. The highest BCUT2D eigenvalue weighted by molar-refractivity contribution is 5.98. The number of methoxy groups -OCH3 is 1. The normalized spacial score (nSPS) is 11.3. The Hall–Kier alpha value is -3.93. The van der Waals surface area contributed by atoms with Crippen molar-refractivity contribution in [3.63, 3.8) is 0 Å². The third-order valence-corrected chi connectivity index (χ3v) is 5.59. The minimum atomic E-state index is -0.108. The van der Waals surface area contributed by atoms with Gasteiger partial charge in [-0.1, -0.05) is 29.4 Å². The Morgan fingerprint density at radius 1 is 0.935 bits per heavy atom. The van der Waals surface area contributed by atoms with E-state index in [9.17, 15) is 4.79 Å². The van der Waals surface area contributed by atoms with Crippen molar-refractivity contribution < 1.29 is 9.26 Å². The molecule has 5 aromatic rings. The average Bonchev–Trinajstić information content (AvgIpc) is 3.12. The number of rotatable bonds is 4. The molecule has 6 nitrogen and oxygen atoms in total. The Balaban J connectivity index is 1.79. The zero-order valence-corrected chi connectivity index (χ0v) is 17.5. The van der Waals surface area contributed by atoms with Gasteiger partial charge >= 0.3 is 0 Å². The van der Waals surface area contributed by atoms with Crippen LogP contribution in [0.3, 0.4) is 0 Å². The molecule has 0 atom stereocenters. The van der Waals surface area contributed by atoms with E-state index in [0.29, 0.717) is 18.1 Å². The van der Waals surface area contributed by atoms with E-state index in [0.717, 1.165) is 44.3 Å². The summed E-state index contributed by atoms with van der Waals surface area (Å²) < 4.78 is 12.9. The van der Waals surface area contributed by atoms with Crippen molar-refractivity contribution in [1.29, 1.82) is 0 Å². The maximum absolute atomic E-state index is 13.0. The highest BCUT2D eigenvalue weighted by Gasteiger charge is 2.21. The van der Waals surface area contributed by atoms with Crippen LogP contribution in [0.15, 0.2) is 70.0 Å². The summed E-state index contributed by atoms with van der Waals surface area (Å²) in [5, 5.41) is 6.11. The highest BCUT2D eigenvalue weighted by Crippen LogP contribution is 2.40. The van der Waals surface area contributed by atoms with Crippen LogP contribution in [0.1, 0.15) is 17.1 Å². The van der Waals surface area contributed by atoms with Gasteiger partial charge in [0.2, 0.25) is 0 Å². The maximum atomic E-state index is 13.0. The molecule has 3 aromatic heterocycles. The van der Waals surface area contributed by atoms with E-state index in [-0.39, 0.29) is 5.56 Å². The Labute approximate surface area is 178 Å². The van der Waals surface area contributed by atoms with Gasteiger partial charge in [-0.25, -0.2) is 0 Å². The monoisotopic (exact) mass is 411 g/mol. The molecule has 0 aliphatic rings. The van der Waals surface area contributed by atoms with Crippen LogP contribution in [0.2, 0.25) is 0 Å². The molecular formula is C25H21N3O3. The summed E-state index contributed by atoms with van der Waals surface area (Å²) in [4.78, 5) is 17.8. The molecule has 0 radical (unpaired) electrons. The Bertz CT molecular complexity index is 1480. The van der Waals surface area contributed by atoms with Crippen molar-refractivity contribution in [2.24, 2.45) is 0 Å². The summed E-state index contributed by atoms with van der Waals surface area (Å²) in [6.07, 6.45) is 0. The number of aromatic nitrogens is 3. The van der Waals surface area contributed by atoms with Crippen LogP contribution < -0.4 is 10.3 Å². The molecule has 2 aromatic carbocycles. The molecule has 0 aliphatic carbocycles. The number of nitrogens with zero attached hydrogens (tertiary/aromatic N) is 3. The van der Waals surface area contributed by atoms with E-state index in [1.54, 1.807) is 17.7 Å². The van der Waals surface area contributed by atoms with Crippen LogP contribution in [0.25, 0.3) is 32.9 Å². The Kier molecular flexibility index (Phi) is 4.55. The van der Waals surface area contributed by atoms with Gasteiger partial charge in [0.25, 0.3) is 5.56 Å². The van der Waals surface area contributed by atoms with E-state index in [2.05, 4.69) is 5.16 Å². The summed E-state index contributed by atoms with van der Waals surface area (Å²) >= 11 is 0. The largest absolute Gasteiger partial charge is 0.496 e. The number of pyridine rings is 2. The van der Waals surface area contributed by atoms with Gasteiger partial charge < -0.3 is 13.8 Å². The third-order valence-electron chi connectivity index (χ3n) is 5.59. The number of aryl methyl sites for hydroxylation is 2. The van der Waals surface area contributed by atoms with Crippen molar-refractivity contribution in [1.82, 2.24) is 14.7 Å². The lowest BCUT2D eigenvalue weighted by Gasteiger charge is -2.17. The molecule has 0 fully saturated rings. The minimum Gasteiger partial charge on any atom is -0.496 e. The van der Waals surface area contributed by atoms with Crippen molar-refractivity contribution in [2.45, 2.75) is 20.4 Å². The van der Waals surface area contributed by atoms with Gasteiger partial charge in [-0.3, -0.25) is 9.78 Å². The molecule has 0 saturated heterocycles. The second kappa shape index (κ2) is 7.40. The van der Waals surface area contributed by atoms with E-state index in [1.807, 2.05) is 68.4 Å². The topological polar surface area (TPSA) is 70.2 Å². The van der Waals surface area contributed by atoms with Gasteiger partial charge in [0.1, 0.15) is 11.5 Å². The predicted molar refractivity (Wildman–Crippen MR) is 121 cm³/mol. The molecule has 0 aliphatic heterocycles. The molecule has 3 heterocycles. The van der Waals surface area contributed by atoms with Crippen LogP contribution in [0.4, 0.5) is 0 Å². The second-order valence-electron chi connectivity index (χ2n) is 7.53. The minimum absolute atomic E-state index is 0.108. The smallest absolute Gasteiger partial charge is 0.251 e. The number of para-hydroxylation sites is 1. The van der Waals surface area contributed by atoms with Crippen LogP contribution in [-0.4, -0.2) is 21.8 Å². The van der Waals surface area contributed by atoms with Crippen LogP contribution in [0.5, 0.6) is 5.75 Å². The molecule has 0 unspecified atom stereocenters. The van der Waals surface area contributed by atoms with Crippen LogP contribution >= 0.6 is 0 Å². The van der Waals surface area contributed by atoms with Crippen molar-refractivity contribution in [2.75, 3.05) is 7.11 Å². The average molecular weight is 411 g/mol. The van der Waals surface area contributed by atoms with Crippen molar-refractivity contribution in [3.05, 3.63) is 88.2 Å². The van der Waals surface area contributed by atoms with Gasteiger partial charge in [0, 0.05) is 11.5 Å². The molecule has 154 valence electrons. The highest BCUT2D eigenvalue weighted by atomic mass is 16.5. The Morgan fingerprint density at radius 3 is 2.48 bits per heavy atom. The molecule has 0 amide bonds. The van der Waals surface area contributed by atoms with Gasteiger partial charge in [-0.15, -0.1) is 0 Å². The van der Waals surface area contributed by atoms with Gasteiger partial charge in [-0.05, 0) is 49.6 Å². The standard InChI is InChI=1S/C25H21N3O3/c1-15-23(16(2)31-27-15)24-21(30-3)12-9-18-10-13-22(29)28(25(18)24)14-19-11-8-17-6-4-5-7-20(17)26-19/h4-13H,14H2,1-3H3. The molecule has 0 bridgehead atoms. The molecule has 0 spiro atoms. The molecule has 6 heteroatoms. The van der Waals surface area contributed by atoms with Gasteiger partial charge in [0.15, 0.2) is 0 Å². The summed E-state index contributed by atoms with van der Waals surface area (Å²) in [7, 11) is 1.62. The molecule has 0 saturated carbocycles. The lowest BCUT2D eigenvalue weighted by molar-refractivity contribution is 0.393. The Morgan fingerprint density at radius 2 is 1.71 bits per heavy atom. The van der Waals surface area contributed by atoms with Crippen molar-refractivity contribution in [3.8, 4) is 16.9 Å². The number of hydrogen-bond donors (Lipinski definition) is 0. The van der Waals surface area contributed by atoms with E-state index >= 15 is 0 Å². The molecular weight excluding hydrogens is 390 g/mol. The zero-order valence-electron chi connectivity index (χ0n) is 17.5. The van der Waals surface area contributed by atoms with Crippen molar-refractivity contribution >= 4 is 21.8 Å². The number of fused-ring (bicyclic) bond motifs is 2. The number of ether oxygens (including phenoxy) is 1.